The Kier molecular flexibility index (Phi) is 22.6. The second-order valence-corrected chi connectivity index (χ2v) is 20.6. The molecule has 6 amide bonds. The van der Waals surface area contributed by atoms with Crippen LogP contribution in [0.4, 0.5) is 0 Å². The van der Waals surface area contributed by atoms with Crippen molar-refractivity contribution < 1.29 is 48.9 Å². The van der Waals surface area contributed by atoms with Gasteiger partial charge < -0.3 is 58.7 Å². The molecule has 0 bridgehead atoms. The van der Waals surface area contributed by atoms with Gasteiger partial charge in [-0.3, -0.25) is 33.6 Å². The van der Waals surface area contributed by atoms with E-state index in [1.165, 1.54) is 13.8 Å². The molecule has 0 aromatic heterocycles. The van der Waals surface area contributed by atoms with E-state index in [0.717, 1.165) is 49.4 Å². The molecule has 5 rings (SSSR count). The molecule has 1 fully saturated rings. The lowest BCUT2D eigenvalue weighted by Gasteiger charge is -2.29. The molecule has 20 heteroatoms. The number of rotatable bonds is 17. The van der Waals surface area contributed by atoms with E-state index in [2.05, 4.69) is 31.9 Å². The number of carbonyl (C=O) groups excluding carboxylic acids is 7. The van der Waals surface area contributed by atoms with Gasteiger partial charge in [-0.25, -0.2) is 0 Å². The van der Waals surface area contributed by atoms with Crippen LogP contribution in [0, 0.1) is 5.92 Å². The number of ketones is 1. The average Bonchev–Trinajstić information content (AvgIpc) is 3.76. The van der Waals surface area contributed by atoms with Gasteiger partial charge in [0.1, 0.15) is 24.2 Å². The molecule has 3 aromatic carbocycles. The highest BCUT2D eigenvalue weighted by Gasteiger charge is 2.37. The van der Waals surface area contributed by atoms with Gasteiger partial charge in [-0.1, -0.05) is 113 Å². The largest absolute Gasteiger partial charge is 0.394 e. The SMILES string of the molecule is C[C@@H](O)[C@@H]1NC(=O)[C@H](CCCCN)NC(=O)[C@@H](CC2=CCc3ccccc32)NC(=O)[C@H](Cc2ccccc2)CC(=O)[C@@H](NC(=O)[C@H](N)Cc2ccccc2)CSSCC(C(=O)N[C@H](CO)[C@@H](C)O)NC1=O. The summed E-state index contributed by atoms with van der Waals surface area (Å²) in [4.78, 5) is 99.9. The van der Waals surface area contributed by atoms with Crippen LogP contribution in [0.15, 0.2) is 91.0 Å². The molecule has 10 atom stereocenters. The van der Waals surface area contributed by atoms with Crippen molar-refractivity contribution in [1.82, 2.24) is 31.9 Å². The van der Waals surface area contributed by atoms with E-state index in [4.69, 9.17) is 11.5 Å². The van der Waals surface area contributed by atoms with Gasteiger partial charge in [-0.15, -0.1) is 0 Å². The highest BCUT2D eigenvalue weighted by molar-refractivity contribution is 8.76. The summed E-state index contributed by atoms with van der Waals surface area (Å²) in [7, 11) is 2.14. The lowest BCUT2D eigenvalue weighted by molar-refractivity contribution is -0.136. The average molecular weight is 1020 g/mol. The third-order valence-corrected chi connectivity index (χ3v) is 14.8. The summed E-state index contributed by atoms with van der Waals surface area (Å²) < 4.78 is 0. The number of hydrogen-bond acceptors (Lipinski definition) is 14. The summed E-state index contributed by atoms with van der Waals surface area (Å²) in [5.41, 5.74) is 16.4. The Morgan fingerprint density at radius 2 is 1.39 bits per heavy atom. The van der Waals surface area contributed by atoms with Crippen molar-refractivity contribution in [3.63, 3.8) is 0 Å². The monoisotopic (exact) mass is 1020 g/mol. The molecule has 3 aromatic rings. The quantitative estimate of drug-likeness (QED) is 0.0652. The summed E-state index contributed by atoms with van der Waals surface area (Å²) in [6.45, 7) is 2.27. The van der Waals surface area contributed by atoms with Crippen LogP contribution < -0.4 is 43.4 Å². The van der Waals surface area contributed by atoms with Gasteiger partial charge in [-0.2, -0.15) is 0 Å². The van der Waals surface area contributed by atoms with Gasteiger partial charge in [0.15, 0.2) is 5.78 Å². The third-order valence-electron chi connectivity index (χ3n) is 12.4. The van der Waals surface area contributed by atoms with Crippen molar-refractivity contribution in [3.05, 3.63) is 113 Å². The van der Waals surface area contributed by atoms with Crippen LogP contribution in [0.3, 0.4) is 0 Å². The number of unbranched alkanes of at least 4 members (excludes halogenated alkanes) is 1. The third kappa shape index (κ3) is 17.3. The second-order valence-electron chi connectivity index (χ2n) is 18.0. The lowest BCUT2D eigenvalue weighted by Crippen LogP contribution is -2.61. The first kappa shape index (κ1) is 56.3. The van der Waals surface area contributed by atoms with E-state index in [-0.39, 0.29) is 50.2 Å². The van der Waals surface area contributed by atoms with Crippen molar-refractivity contribution in [2.24, 2.45) is 17.4 Å². The Balaban J connectivity index is 1.56. The highest BCUT2D eigenvalue weighted by Crippen LogP contribution is 2.31. The molecular formula is C51H68N8O10S2. The van der Waals surface area contributed by atoms with E-state index < -0.39 is 108 Å². The van der Waals surface area contributed by atoms with Crippen LogP contribution in [0.5, 0.6) is 0 Å². The van der Waals surface area contributed by atoms with Gasteiger partial charge in [0.25, 0.3) is 0 Å². The zero-order valence-corrected chi connectivity index (χ0v) is 41.7. The van der Waals surface area contributed by atoms with E-state index in [0.29, 0.717) is 19.3 Å². The number of aliphatic hydroxyl groups excluding tert-OH is 3. The summed E-state index contributed by atoms with van der Waals surface area (Å²) >= 11 is 0. The highest BCUT2D eigenvalue weighted by atomic mass is 33.1. The van der Waals surface area contributed by atoms with Crippen molar-refractivity contribution in [3.8, 4) is 0 Å². The normalized spacial score (nSPS) is 23.5. The number of nitrogens with two attached hydrogens (primary N) is 2. The number of hydrogen-bond donors (Lipinski definition) is 11. The number of fused-ring (bicyclic) bond motifs is 1. The zero-order chi connectivity index (χ0) is 51.5. The molecule has 13 N–H and O–H groups in total. The van der Waals surface area contributed by atoms with E-state index >= 15 is 0 Å². The van der Waals surface area contributed by atoms with Crippen LogP contribution in [-0.2, 0) is 52.8 Å². The Labute approximate surface area is 422 Å². The Morgan fingerprint density at radius 1 is 0.761 bits per heavy atom. The fourth-order valence-corrected chi connectivity index (χ4v) is 10.6. The number of nitrogens with one attached hydrogen (secondary N) is 6. The Bertz CT molecular complexity index is 2310. The maximum atomic E-state index is 14.8. The van der Waals surface area contributed by atoms with Crippen LogP contribution in [-0.4, -0.2) is 136 Å². The molecule has 1 aliphatic heterocycles. The number of allylic oxidation sites excluding steroid dienone is 1. The minimum absolute atomic E-state index is 0.0118. The smallest absolute Gasteiger partial charge is 0.245 e. The standard InChI is InChI=1S/C51H68N8O10S2/c1-30(61)41(27-60)56-50(68)43-29-71-70-28-42(57-47(65)38(53)24-33-15-7-4-8-16-33)44(63)26-36(23-32-13-5-3-6-14-32)46(64)55-40(25-35-21-20-34-17-9-10-18-37(34)35)49(67)54-39(19-11-12-22-52)48(66)59-45(31(2)62)51(69)58-43/h3-10,13-18,21,30-31,36,38-43,45,60-62H,11-12,19-20,22-29,52-53H2,1-2H3,(H,54,67)(H,55,64)(H,56,68)(H,57,65)(H,58,69)(H,59,66)/t30-,31-,36-,38-,39+,40-,41-,42+,43?,45+/m1/s1. The van der Waals surface area contributed by atoms with Gasteiger partial charge in [0, 0.05) is 30.3 Å². The number of aliphatic hydroxyl groups is 3. The lowest BCUT2D eigenvalue weighted by atomic mass is 9.90. The zero-order valence-electron chi connectivity index (χ0n) is 40.1. The fourth-order valence-electron chi connectivity index (χ4n) is 8.23. The van der Waals surface area contributed by atoms with Crippen molar-refractivity contribution in [2.45, 2.75) is 120 Å². The number of carbonyl (C=O) groups is 7. The molecule has 0 radical (unpaired) electrons. The second kappa shape index (κ2) is 28.4. The number of benzene rings is 3. The molecule has 1 saturated heterocycles. The fraction of sp³-hybridized carbons (Fsp3) is 0.471. The molecule has 2 aliphatic rings. The van der Waals surface area contributed by atoms with Crippen molar-refractivity contribution >= 4 is 68.4 Å². The first-order valence-corrected chi connectivity index (χ1v) is 26.4. The van der Waals surface area contributed by atoms with Crippen LogP contribution in [0.1, 0.15) is 68.2 Å². The molecule has 18 nitrogen and oxygen atoms in total. The maximum Gasteiger partial charge on any atom is 0.245 e. The van der Waals surface area contributed by atoms with Gasteiger partial charge >= 0.3 is 0 Å². The molecule has 384 valence electrons. The minimum atomic E-state index is -1.65. The Hall–Kier alpha value is -5.61. The number of amides is 6. The molecule has 1 aliphatic carbocycles. The first-order chi connectivity index (χ1) is 34.1. The van der Waals surface area contributed by atoms with E-state index in [9.17, 15) is 48.9 Å². The predicted octanol–water partition coefficient (Wildman–Crippen LogP) is 0.591. The molecule has 0 saturated carbocycles. The topological polar surface area (TPSA) is 304 Å². The van der Waals surface area contributed by atoms with Crippen LogP contribution >= 0.6 is 21.6 Å². The van der Waals surface area contributed by atoms with E-state index in [1.54, 1.807) is 12.1 Å². The molecule has 0 spiro atoms. The minimum Gasteiger partial charge on any atom is -0.394 e. The molecule has 71 heavy (non-hydrogen) atoms. The van der Waals surface area contributed by atoms with Crippen molar-refractivity contribution in [1.29, 1.82) is 0 Å². The summed E-state index contributed by atoms with van der Waals surface area (Å²) in [5, 5.41) is 47.2. The van der Waals surface area contributed by atoms with Gasteiger partial charge in [0.05, 0.1) is 36.9 Å². The molecule has 1 heterocycles. The predicted molar refractivity (Wildman–Crippen MR) is 274 cm³/mol. The van der Waals surface area contributed by atoms with Crippen LogP contribution in [0.2, 0.25) is 0 Å². The van der Waals surface area contributed by atoms with Crippen molar-refractivity contribution in [2.75, 3.05) is 24.7 Å². The van der Waals surface area contributed by atoms with E-state index in [1.807, 2.05) is 78.9 Å². The summed E-state index contributed by atoms with van der Waals surface area (Å²) in [5.74, 6) is -6.42. The van der Waals surface area contributed by atoms with Crippen LogP contribution in [0.25, 0.3) is 5.57 Å². The first-order valence-electron chi connectivity index (χ1n) is 24.0. The van der Waals surface area contributed by atoms with Gasteiger partial charge in [-0.05, 0) is 86.7 Å². The molecule has 1 unspecified atom stereocenters. The van der Waals surface area contributed by atoms with Gasteiger partial charge in [0.2, 0.25) is 35.4 Å². The number of Topliss-reactive ketones (excluding diaryl/α,β-unsaturated/α-hetero) is 1. The molecular weight excluding hydrogens is 949 g/mol. The summed E-state index contributed by atoms with van der Waals surface area (Å²) in [6.07, 6.45) is 0.649. The maximum absolute atomic E-state index is 14.8. The Morgan fingerprint density at radius 3 is 2.06 bits per heavy atom. The summed E-state index contributed by atoms with van der Waals surface area (Å²) in [6, 6.07) is 16.8.